The molecular formula is C34H36F6N4O2. The highest BCUT2D eigenvalue weighted by Crippen LogP contribution is 2.45. The number of Topliss-reactive ketones (excluding diaryl/α,β-unsaturated/α-hetero) is 2. The van der Waals surface area contributed by atoms with Gasteiger partial charge in [-0.3, -0.25) is 19.4 Å². The van der Waals surface area contributed by atoms with Crippen molar-refractivity contribution >= 4 is 11.6 Å². The van der Waals surface area contributed by atoms with Crippen LogP contribution in [0.4, 0.5) is 26.3 Å². The number of hydrogen-bond acceptors (Lipinski definition) is 6. The molecule has 2 saturated heterocycles. The van der Waals surface area contributed by atoms with Crippen LogP contribution < -0.4 is 11.1 Å². The topological polar surface area (TPSA) is 78.7 Å². The van der Waals surface area contributed by atoms with Gasteiger partial charge in [0.2, 0.25) is 0 Å². The molecule has 0 aliphatic carbocycles. The van der Waals surface area contributed by atoms with Crippen LogP contribution in [0.15, 0.2) is 78.9 Å². The summed E-state index contributed by atoms with van der Waals surface area (Å²) < 4.78 is 82.8. The van der Waals surface area contributed by atoms with Gasteiger partial charge in [-0.1, -0.05) is 60.7 Å². The molecule has 0 bridgehead atoms. The summed E-state index contributed by atoms with van der Waals surface area (Å²) in [6.07, 6.45) is -9.49. The first-order valence-electron chi connectivity index (χ1n) is 15.0. The smallest absolute Gasteiger partial charge is 0.306 e. The Bertz CT molecular complexity index is 1530. The number of hydrogen-bond donors (Lipinski definition) is 2. The second-order valence-electron chi connectivity index (χ2n) is 12.1. The largest absolute Gasteiger partial charge is 0.416 e. The number of benzene rings is 3. The second-order valence-corrected chi connectivity index (χ2v) is 12.1. The van der Waals surface area contributed by atoms with E-state index < -0.39 is 58.1 Å². The van der Waals surface area contributed by atoms with Gasteiger partial charge in [-0.15, -0.1) is 0 Å². The predicted octanol–water partition coefficient (Wildman–Crippen LogP) is 6.06. The summed E-state index contributed by atoms with van der Waals surface area (Å²) in [5.41, 5.74) is 2.09. The van der Waals surface area contributed by atoms with Crippen molar-refractivity contribution in [3.05, 3.63) is 107 Å². The molecule has 4 unspecified atom stereocenters. The van der Waals surface area contributed by atoms with Crippen LogP contribution in [-0.4, -0.2) is 52.7 Å². The molecule has 0 spiro atoms. The fourth-order valence-electron chi connectivity index (χ4n) is 7.18. The first kappa shape index (κ1) is 33.8. The van der Waals surface area contributed by atoms with E-state index in [2.05, 4.69) is 10.2 Å². The van der Waals surface area contributed by atoms with E-state index in [4.69, 9.17) is 5.73 Å². The number of rotatable bonds is 7. The number of piperidine rings is 1. The lowest BCUT2D eigenvalue weighted by molar-refractivity contribution is -0.145. The number of halogens is 6. The van der Waals surface area contributed by atoms with Crippen molar-refractivity contribution in [3.8, 4) is 0 Å². The van der Waals surface area contributed by atoms with E-state index in [9.17, 15) is 35.9 Å². The highest BCUT2D eigenvalue weighted by molar-refractivity contribution is 5.88. The summed E-state index contributed by atoms with van der Waals surface area (Å²) in [6, 6.07) is 18.3. The zero-order chi connectivity index (χ0) is 33.5. The molecule has 2 aliphatic rings. The summed E-state index contributed by atoms with van der Waals surface area (Å²) in [6.45, 7) is 3.89. The highest BCUT2D eigenvalue weighted by atomic mass is 19.4. The molecule has 0 aromatic heterocycles. The van der Waals surface area contributed by atoms with Crippen molar-refractivity contribution in [3.63, 3.8) is 0 Å². The molecular weight excluding hydrogens is 610 g/mol. The van der Waals surface area contributed by atoms with Crippen molar-refractivity contribution in [2.24, 2.45) is 5.73 Å². The van der Waals surface area contributed by atoms with Gasteiger partial charge in [0.1, 0.15) is 11.2 Å². The van der Waals surface area contributed by atoms with Gasteiger partial charge in [-0.05, 0) is 61.6 Å². The number of carbonyl (C=O) groups excluding carboxylic acids is 2. The lowest BCUT2D eigenvalue weighted by atomic mass is 9.73. The van der Waals surface area contributed by atoms with E-state index in [1.807, 2.05) is 60.7 Å². The molecule has 0 amide bonds. The predicted molar refractivity (Wildman–Crippen MR) is 160 cm³/mol. The summed E-state index contributed by atoms with van der Waals surface area (Å²) >= 11 is 0. The number of piperazine rings is 1. The van der Waals surface area contributed by atoms with Crippen molar-refractivity contribution in [1.29, 1.82) is 0 Å². The van der Waals surface area contributed by atoms with Gasteiger partial charge in [0.25, 0.3) is 0 Å². The number of carbonyl (C=O) groups is 2. The average molecular weight is 647 g/mol. The average Bonchev–Trinajstić information content (AvgIpc) is 3.01. The van der Waals surface area contributed by atoms with Gasteiger partial charge >= 0.3 is 12.4 Å². The first-order chi connectivity index (χ1) is 21.6. The highest BCUT2D eigenvalue weighted by Gasteiger charge is 2.55. The van der Waals surface area contributed by atoms with E-state index in [-0.39, 0.29) is 31.4 Å². The summed E-state index contributed by atoms with van der Waals surface area (Å²) in [7, 11) is 0. The number of alkyl halides is 6. The number of nitrogens with two attached hydrogens (primary N) is 1. The van der Waals surface area contributed by atoms with E-state index in [0.717, 1.165) is 11.1 Å². The Balaban J connectivity index is 1.59. The van der Waals surface area contributed by atoms with Gasteiger partial charge in [0.05, 0.1) is 17.2 Å². The van der Waals surface area contributed by atoms with Gasteiger partial charge < -0.3 is 11.1 Å². The summed E-state index contributed by atoms with van der Waals surface area (Å²) in [5, 5.41) is 2.95. The van der Waals surface area contributed by atoms with Crippen LogP contribution in [0.25, 0.3) is 0 Å². The maximum atomic E-state index is 13.8. The van der Waals surface area contributed by atoms with Crippen LogP contribution >= 0.6 is 0 Å². The molecule has 6 nitrogen and oxygen atoms in total. The lowest BCUT2D eigenvalue weighted by Crippen LogP contribution is -2.75. The molecule has 0 saturated carbocycles. The Hall–Kier alpha value is -3.58. The Kier molecular flexibility index (Phi) is 9.22. The van der Waals surface area contributed by atoms with Crippen LogP contribution in [0, 0.1) is 0 Å². The summed E-state index contributed by atoms with van der Waals surface area (Å²) in [5.74, 6) is -0.764. The molecule has 2 heterocycles. The van der Waals surface area contributed by atoms with E-state index in [0.29, 0.717) is 31.6 Å². The third-order valence-corrected chi connectivity index (χ3v) is 9.42. The van der Waals surface area contributed by atoms with Crippen molar-refractivity contribution in [2.45, 2.75) is 68.9 Å². The minimum absolute atomic E-state index is 0.0552. The molecule has 2 aliphatic heterocycles. The van der Waals surface area contributed by atoms with Crippen molar-refractivity contribution < 1.29 is 35.9 Å². The molecule has 3 aromatic rings. The van der Waals surface area contributed by atoms with Gasteiger partial charge in [0, 0.05) is 32.2 Å². The lowest BCUT2D eigenvalue weighted by Gasteiger charge is -2.56. The minimum Gasteiger partial charge on any atom is -0.306 e. The number of ketones is 2. The molecule has 246 valence electrons. The van der Waals surface area contributed by atoms with Gasteiger partial charge in [-0.25, -0.2) is 0 Å². The first-order valence-corrected chi connectivity index (χ1v) is 15.0. The Morgan fingerprint density at radius 3 is 1.93 bits per heavy atom. The zero-order valence-electron chi connectivity index (χ0n) is 25.5. The van der Waals surface area contributed by atoms with E-state index >= 15 is 0 Å². The maximum absolute atomic E-state index is 13.8. The van der Waals surface area contributed by atoms with Crippen LogP contribution in [0.5, 0.6) is 0 Å². The number of nitrogens with zero attached hydrogens (tertiary/aromatic N) is 2. The van der Waals surface area contributed by atoms with Gasteiger partial charge in [-0.2, -0.15) is 26.3 Å². The standard InChI is InChI=1S/C34H36F6N4O2/c1-22(45)31(26-11-7-4-8-12-26)20-29(13-15-43(31)21-24-9-5-3-6-10-24)44-16-14-42-30(32(44,41)23(2)46)25-17-27(33(35,36)37)19-28(18-25)34(38,39)40/h3-12,17-19,29-30,42H,13-16,20-21,41H2,1-2H3. The van der Waals surface area contributed by atoms with Crippen LogP contribution in [-0.2, 0) is 34.0 Å². The van der Waals surface area contributed by atoms with Gasteiger partial charge in [0.15, 0.2) is 11.6 Å². The van der Waals surface area contributed by atoms with Crippen molar-refractivity contribution in [2.75, 3.05) is 19.6 Å². The third-order valence-electron chi connectivity index (χ3n) is 9.42. The van der Waals surface area contributed by atoms with Crippen molar-refractivity contribution in [1.82, 2.24) is 15.1 Å². The fourth-order valence-corrected chi connectivity index (χ4v) is 7.18. The third kappa shape index (κ3) is 6.23. The van der Waals surface area contributed by atoms with E-state index in [1.54, 1.807) is 4.90 Å². The zero-order valence-corrected chi connectivity index (χ0v) is 25.5. The molecule has 3 N–H and O–H groups in total. The molecule has 12 heteroatoms. The van der Waals surface area contributed by atoms with E-state index in [1.165, 1.54) is 13.8 Å². The molecule has 2 fully saturated rings. The molecule has 4 atom stereocenters. The van der Waals surface area contributed by atoms with Crippen LogP contribution in [0.3, 0.4) is 0 Å². The molecule has 5 rings (SSSR count). The molecule has 46 heavy (non-hydrogen) atoms. The van der Waals surface area contributed by atoms with Crippen LogP contribution in [0.2, 0.25) is 0 Å². The maximum Gasteiger partial charge on any atom is 0.416 e. The fraction of sp³-hybridized carbons (Fsp3) is 0.412. The SMILES string of the molecule is CC(=O)C1(c2ccccc2)CC(N2CCNC(c3cc(C(F)(F)F)cc(C(F)(F)F)c3)C2(N)C(C)=O)CCN1Cc1ccccc1. The quantitative estimate of drug-likeness (QED) is 0.304. The molecule has 0 radical (unpaired) electrons. The van der Waals surface area contributed by atoms with Crippen LogP contribution in [0.1, 0.15) is 60.5 Å². The minimum atomic E-state index is -5.07. The Morgan fingerprint density at radius 2 is 1.41 bits per heavy atom. The monoisotopic (exact) mass is 646 g/mol. The Labute approximate surface area is 263 Å². The number of nitrogens with one attached hydrogen (secondary N) is 1. The molecule has 3 aromatic carbocycles. The normalized spacial score (nSPS) is 26.5. The number of likely N-dealkylation sites (tertiary alicyclic amines) is 1. The second kappa shape index (κ2) is 12.6. The summed E-state index contributed by atoms with van der Waals surface area (Å²) in [4.78, 5) is 31.1. The Morgan fingerprint density at radius 1 is 0.848 bits per heavy atom.